The minimum absolute atomic E-state index is 0.0752. The van der Waals surface area contributed by atoms with Gasteiger partial charge in [-0.25, -0.2) is 0 Å². The molecule has 5 nitrogen and oxygen atoms in total. The van der Waals surface area contributed by atoms with Gasteiger partial charge in [0, 0.05) is 17.5 Å². The molecular weight excluding hydrogens is 483 g/mol. The highest BCUT2D eigenvalue weighted by atomic mass is 127. The SMILES string of the molecule is COC(=O)C[C@H](/C=C/C=C/C=C/C[C@@H]1OC(C)(C)O[C@@H](/C(C)=C\CI)[C@H]1C)OC. The minimum Gasteiger partial charge on any atom is -0.469 e. The average Bonchev–Trinajstić information content (AvgIpc) is 2.68. The van der Waals surface area contributed by atoms with Gasteiger partial charge in [-0.3, -0.25) is 4.79 Å². The van der Waals surface area contributed by atoms with E-state index in [9.17, 15) is 4.79 Å². The van der Waals surface area contributed by atoms with Crippen molar-refractivity contribution in [1.29, 1.82) is 0 Å². The number of carbonyl (C=O) groups excluding carboxylic acids is 1. The first-order valence-electron chi connectivity index (χ1n) is 9.92. The fourth-order valence-electron chi connectivity index (χ4n) is 3.20. The first-order chi connectivity index (χ1) is 13.7. The van der Waals surface area contributed by atoms with E-state index in [1.807, 2.05) is 44.2 Å². The summed E-state index contributed by atoms with van der Waals surface area (Å²) < 4.78 is 23.2. The summed E-state index contributed by atoms with van der Waals surface area (Å²) in [6.45, 7) is 8.28. The average molecular weight is 518 g/mol. The zero-order valence-electron chi connectivity index (χ0n) is 18.4. The second kappa shape index (κ2) is 13.4. The summed E-state index contributed by atoms with van der Waals surface area (Å²) >= 11 is 2.35. The monoisotopic (exact) mass is 518 g/mol. The van der Waals surface area contributed by atoms with Crippen LogP contribution in [0, 0.1) is 5.92 Å². The number of alkyl halides is 1. The van der Waals surface area contributed by atoms with Gasteiger partial charge < -0.3 is 18.9 Å². The lowest BCUT2D eigenvalue weighted by Crippen LogP contribution is -2.50. The zero-order chi connectivity index (χ0) is 21.9. The summed E-state index contributed by atoms with van der Waals surface area (Å²) in [5.41, 5.74) is 1.27. The maximum atomic E-state index is 11.3. The lowest BCUT2D eigenvalue weighted by atomic mass is 9.89. The van der Waals surface area contributed by atoms with Gasteiger partial charge in [-0.2, -0.15) is 0 Å². The number of halogens is 1. The molecule has 0 aromatic rings. The van der Waals surface area contributed by atoms with Crippen molar-refractivity contribution in [1.82, 2.24) is 0 Å². The third-order valence-corrected chi connectivity index (χ3v) is 5.26. The zero-order valence-corrected chi connectivity index (χ0v) is 20.5. The van der Waals surface area contributed by atoms with Gasteiger partial charge in [0.05, 0.1) is 31.8 Å². The first kappa shape index (κ1) is 26.1. The van der Waals surface area contributed by atoms with E-state index in [0.717, 1.165) is 10.8 Å². The molecule has 164 valence electrons. The lowest BCUT2D eigenvalue weighted by Gasteiger charge is -2.45. The molecule has 0 aromatic heterocycles. The molecular formula is C23H35IO5. The Balaban J connectivity index is 2.60. The van der Waals surface area contributed by atoms with Crippen LogP contribution in [0.25, 0.3) is 0 Å². The Morgan fingerprint density at radius 2 is 1.86 bits per heavy atom. The first-order valence-corrected chi connectivity index (χ1v) is 11.4. The number of allylic oxidation sites excluding steroid dienone is 5. The van der Waals surface area contributed by atoms with Crippen molar-refractivity contribution in [2.75, 3.05) is 18.6 Å². The van der Waals surface area contributed by atoms with Crippen LogP contribution in [-0.2, 0) is 23.7 Å². The summed E-state index contributed by atoms with van der Waals surface area (Å²) in [6, 6.07) is 0. The number of ether oxygens (including phenoxy) is 4. The Hall–Kier alpha value is -0.960. The van der Waals surface area contributed by atoms with Crippen LogP contribution in [0.2, 0.25) is 0 Å². The van der Waals surface area contributed by atoms with Crippen LogP contribution in [-0.4, -0.2) is 48.7 Å². The van der Waals surface area contributed by atoms with E-state index in [0.29, 0.717) is 0 Å². The van der Waals surface area contributed by atoms with Gasteiger partial charge in [-0.15, -0.1) is 0 Å². The molecule has 0 radical (unpaired) electrons. The number of methoxy groups -OCH3 is 2. The van der Waals surface area contributed by atoms with E-state index in [1.165, 1.54) is 12.7 Å². The van der Waals surface area contributed by atoms with Crippen LogP contribution >= 0.6 is 22.6 Å². The molecule has 1 heterocycles. The number of hydrogen-bond donors (Lipinski definition) is 0. The molecule has 29 heavy (non-hydrogen) atoms. The van der Waals surface area contributed by atoms with Gasteiger partial charge >= 0.3 is 5.97 Å². The molecule has 1 fully saturated rings. The van der Waals surface area contributed by atoms with Crippen molar-refractivity contribution in [3.63, 3.8) is 0 Å². The third kappa shape index (κ3) is 9.59. The predicted molar refractivity (Wildman–Crippen MR) is 125 cm³/mol. The summed E-state index contributed by atoms with van der Waals surface area (Å²) in [5, 5.41) is 0. The molecule has 0 aliphatic carbocycles. The Labute approximate surface area is 189 Å². The van der Waals surface area contributed by atoms with E-state index >= 15 is 0 Å². The van der Waals surface area contributed by atoms with Crippen molar-refractivity contribution >= 4 is 28.6 Å². The normalized spacial score (nSPS) is 26.4. The van der Waals surface area contributed by atoms with Crippen molar-refractivity contribution in [2.24, 2.45) is 5.92 Å². The number of hydrogen-bond acceptors (Lipinski definition) is 5. The topological polar surface area (TPSA) is 54.0 Å². The second-order valence-corrected chi connectivity index (χ2v) is 8.43. The number of carbonyl (C=O) groups is 1. The van der Waals surface area contributed by atoms with Crippen LogP contribution in [0.4, 0.5) is 0 Å². The summed E-state index contributed by atoms with van der Waals surface area (Å²) in [4.78, 5) is 11.3. The summed E-state index contributed by atoms with van der Waals surface area (Å²) in [6.07, 6.45) is 14.8. The quantitative estimate of drug-likeness (QED) is 0.132. The van der Waals surface area contributed by atoms with E-state index in [2.05, 4.69) is 53.3 Å². The van der Waals surface area contributed by atoms with E-state index in [-0.39, 0.29) is 36.6 Å². The van der Waals surface area contributed by atoms with E-state index < -0.39 is 5.79 Å². The molecule has 1 aliphatic heterocycles. The largest absolute Gasteiger partial charge is 0.469 e. The maximum Gasteiger partial charge on any atom is 0.308 e. The molecule has 1 saturated heterocycles. The van der Waals surface area contributed by atoms with Crippen molar-refractivity contribution in [3.05, 3.63) is 48.1 Å². The highest BCUT2D eigenvalue weighted by molar-refractivity contribution is 14.1. The Morgan fingerprint density at radius 1 is 1.17 bits per heavy atom. The molecule has 1 rings (SSSR count). The van der Waals surface area contributed by atoms with Crippen molar-refractivity contribution in [2.45, 2.75) is 64.6 Å². The summed E-state index contributed by atoms with van der Waals surface area (Å²) in [5.74, 6) is -0.610. The number of esters is 1. The molecule has 0 amide bonds. The standard InChI is InChI=1S/C23H35IO5/c1-17(14-15-24)22-18(2)20(28-23(3,4)29-22)13-11-9-7-8-10-12-19(26-5)16-21(25)27-6/h7-12,14,18-20,22H,13,15-16H2,1-6H3/b8-7+,11-9+,12-10+,17-14-/t18-,19-,20-,22-/m0/s1. The van der Waals surface area contributed by atoms with Gasteiger partial charge in [0.25, 0.3) is 0 Å². The molecule has 4 atom stereocenters. The Morgan fingerprint density at radius 3 is 2.48 bits per heavy atom. The Kier molecular flexibility index (Phi) is 12.0. The molecule has 0 spiro atoms. The van der Waals surface area contributed by atoms with Gasteiger partial charge in [0.15, 0.2) is 5.79 Å². The molecule has 0 aromatic carbocycles. The number of rotatable bonds is 10. The van der Waals surface area contributed by atoms with Gasteiger partial charge in [-0.1, -0.05) is 72.0 Å². The molecule has 0 saturated carbocycles. The van der Waals surface area contributed by atoms with Crippen LogP contribution in [0.15, 0.2) is 48.1 Å². The second-order valence-electron chi connectivity index (χ2n) is 7.54. The van der Waals surface area contributed by atoms with Crippen LogP contribution in [0.5, 0.6) is 0 Å². The molecule has 0 unspecified atom stereocenters. The highest BCUT2D eigenvalue weighted by Gasteiger charge is 2.40. The third-order valence-electron chi connectivity index (χ3n) is 4.82. The van der Waals surface area contributed by atoms with Gasteiger partial charge in [0.2, 0.25) is 0 Å². The minimum atomic E-state index is -0.594. The van der Waals surface area contributed by atoms with Crippen LogP contribution in [0.1, 0.15) is 40.5 Å². The molecule has 6 heteroatoms. The molecule has 0 N–H and O–H groups in total. The highest BCUT2D eigenvalue weighted by Crippen LogP contribution is 2.35. The smallest absolute Gasteiger partial charge is 0.308 e. The molecule has 1 aliphatic rings. The fourth-order valence-corrected chi connectivity index (χ4v) is 3.90. The van der Waals surface area contributed by atoms with Crippen LogP contribution in [0.3, 0.4) is 0 Å². The fraction of sp³-hybridized carbons (Fsp3) is 0.609. The Bertz CT molecular complexity index is 621. The summed E-state index contributed by atoms with van der Waals surface area (Å²) in [7, 11) is 2.94. The van der Waals surface area contributed by atoms with E-state index in [4.69, 9.17) is 14.2 Å². The van der Waals surface area contributed by atoms with Gasteiger partial charge in [-0.05, 0) is 32.8 Å². The predicted octanol–water partition coefficient (Wildman–Crippen LogP) is 5.16. The van der Waals surface area contributed by atoms with E-state index in [1.54, 1.807) is 7.11 Å². The van der Waals surface area contributed by atoms with Crippen LogP contribution < -0.4 is 0 Å². The lowest BCUT2D eigenvalue weighted by molar-refractivity contribution is -0.310. The molecule has 0 bridgehead atoms. The maximum absolute atomic E-state index is 11.3. The van der Waals surface area contributed by atoms with Gasteiger partial charge in [0.1, 0.15) is 0 Å². The van der Waals surface area contributed by atoms with Crippen molar-refractivity contribution < 1.29 is 23.7 Å². The van der Waals surface area contributed by atoms with Crippen molar-refractivity contribution in [3.8, 4) is 0 Å².